The molecule has 0 aliphatic rings. The molecule has 3 aromatic heterocycles. The quantitative estimate of drug-likeness (QED) is 0.542. The third-order valence-electron chi connectivity index (χ3n) is 3.96. The second-order valence-electron chi connectivity index (χ2n) is 5.51. The lowest BCUT2D eigenvalue weighted by molar-refractivity contribution is 1.32. The Bertz CT molecular complexity index is 797. The summed E-state index contributed by atoms with van der Waals surface area (Å²) in [6.07, 6.45) is 11.0. The Kier molecular flexibility index (Phi) is 3.82. The minimum Gasteiger partial charge on any atom is -0.265 e. The van der Waals surface area contributed by atoms with Crippen molar-refractivity contribution in [2.75, 3.05) is 0 Å². The van der Waals surface area contributed by atoms with E-state index < -0.39 is 0 Å². The lowest BCUT2D eigenvalue weighted by atomic mass is 9.94. The summed E-state index contributed by atoms with van der Waals surface area (Å²) in [4.78, 5) is 12.5. The van der Waals surface area contributed by atoms with Crippen LogP contribution in [0.15, 0.2) is 91.8 Å². The van der Waals surface area contributed by atoms with Crippen LogP contribution in [-0.2, 0) is 0 Å². The van der Waals surface area contributed by atoms with Crippen LogP contribution in [0.1, 0.15) is 0 Å². The average Bonchev–Trinajstić information content (AvgIpc) is 2.70. The number of rotatable bonds is 3. The van der Waals surface area contributed by atoms with Gasteiger partial charge in [0.15, 0.2) is 0 Å². The summed E-state index contributed by atoms with van der Waals surface area (Å²) >= 11 is 0. The second kappa shape index (κ2) is 6.42. The van der Waals surface area contributed by atoms with E-state index in [-0.39, 0.29) is 0 Å². The Balaban J connectivity index is 1.92. The summed E-state index contributed by atoms with van der Waals surface area (Å²) in [5.74, 6) is 0. The van der Waals surface area contributed by atoms with Gasteiger partial charge in [0, 0.05) is 42.7 Å². The molecule has 4 aromatic rings. The van der Waals surface area contributed by atoms with Crippen LogP contribution in [0.2, 0.25) is 0 Å². The molecule has 0 atom stereocenters. The number of hydrogen-bond acceptors (Lipinski definition) is 3. The summed E-state index contributed by atoms with van der Waals surface area (Å²) < 4.78 is 0. The van der Waals surface area contributed by atoms with E-state index in [1.165, 1.54) is 0 Å². The zero-order chi connectivity index (χ0) is 16.2. The minimum atomic E-state index is 1.10. The van der Waals surface area contributed by atoms with Crippen LogP contribution < -0.4 is 0 Å². The normalized spacial score (nSPS) is 10.5. The van der Waals surface area contributed by atoms with Crippen LogP contribution in [0.5, 0.6) is 0 Å². The average molecular weight is 309 g/mol. The highest BCUT2D eigenvalue weighted by molar-refractivity contribution is 5.80. The van der Waals surface area contributed by atoms with Crippen molar-refractivity contribution in [1.29, 1.82) is 0 Å². The highest BCUT2D eigenvalue weighted by Gasteiger charge is 2.07. The summed E-state index contributed by atoms with van der Waals surface area (Å²) in [5.41, 5.74) is 6.85. The van der Waals surface area contributed by atoms with E-state index in [4.69, 9.17) is 0 Å². The maximum absolute atomic E-state index is 4.25. The van der Waals surface area contributed by atoms with E-state index in [1.807, 2.05) is 61.3 Å². The molecule has 4 rings (SSSR count). The number of aromatic nitrogens is 3. The largest absolute Gasteiger partial charge is 0.265 e. The van der Waals surface area contributed by atoms with Crippen molar-refractivity contribution in [3.05, 3.63) is 91.8 Å². The fourth-order valence-electron chi connectivity index (χ4n) is 2.75. The molecule has 114 valence electrons. The fraction of sp³-hybridized carbons (Fsp3) is 0. The van der Waals surface area contributed by atoms with Gasteiger partial charge in [-0.1, -0.05) is 6.07 Å². The Morgan fingerprint density at radius 2 is 0.917 bits per heavy atom. The van der Waals surface area contributed by atoms with E-state index >= 15 is 0 Å². The Hall–Kier alpha value is -3.33. The maximum atomic E-state index is 4.25. The van der Waals surface area contributed by atoms with Crippen LogP contribution in [0.25, 0.3) is 33.4 Å². The molecular formula is C21H15N3. The summed E-state index contributed by atoms with van der Waals surface area (Å²) in [7, 11) is 0. The fourth-order valence-corrected chi connectivity index (χ4v) is 2.75. The molecule has 0 saturated carbocycles. The molecule has 0 aliphatic heterocycles. The summed E-state index contributed by atoms with van der Waals surface area (Å²) in [6.45, 7) is 0. The van der Waals surface area contributed by atoms with Crippen molar-refractivity contribution >= 4 is 0 Å². The number of benzene rings is 1. The first-order valence-corrected chi connectivity index (χ1v) is 7.76. The first kappa shape index (κ1) is 14.3. The van der Waals surface area contributed by atoms with Gasteiger partial charge in [-0.15, -0.1) is 0 Å². The lowest BCUT2D eigenvalue weighted by Gasteiger charge is -2.10. The molecule has 0 bridgehead atoms. The van der Waals surface area contributed by atoms with Gasteiger partial charge in [-0.3, -0.25) is 15.0 Å². The van der Waals surface area contributed by atoms with Gasteiger partial charge in [-0.05, 0) is 76.3 Å². The predicted molar refractivity (Wildman–Crippen MR) is 96.1 cm³/mol. The van der Waals surface area contributed by atoms with E-state index in [1.54, 1.807) is 6.20 Å². The molecule has 0 spiro atoms. The topological polar surface area (TPSA) is 38.7 Å². The molecule has 0 unspecified atom stereocenters. The molecule has 3 nitrogen and oxygen atoms in total. The highest BCUT2D eigenvalue weighted by atomic mass is 14.6. The van der Waals surface area contributed by atoms with Gasteiger partial charge >= 0.3 is 0 Å². The summed E-state index contributed by atoms with van der Waals surface area (Å²) in [6, 6.07) is 18.7. The van der Waals surface area contributed by atoms with Gasteiger partial charge in [0.1, 0.15) is 0 Å². The molecule has 0 aliphatic carbocycles. The Morgan fingerprint density at radius 1 is 0.417 bits per heavy atom. The molecule has 3 heterocycles. The third kappa shape index (κ3) is 2.92. The van der Waals surface area contributed by atoms with Crippen LogP contribution in [0.4, 0.5) is 0 Å². The van der Waals surface area contributed by atoms with Gasteiger partial charge in [-0.2, -0.15) is 0 Å². The van der Waals surface area contributed by atoms with Crippen LogP contribution >= 0.6 is 0 Å². The zero-order valence-electron chi connectivity index (χ0n) is 13.0. The van der Waals surface area contributed by atoms with E-state index in [0.717, 1.165) is 33.4 Å². The van der Waals surface area contributed by atoms with Crippen molar-refractivity contribution in [2.45, 2.75) is 0 Å². The van der Waals surface area contributed by atoms with E-state index in [0.29, 0.717) is 0 Å². The molecule has 1 aromatic carbocycles. The van der Waals surface area contributed by atoms with Crippen LogP contribution in [-0.4, -0.2) is 15.0 Å². The molecule has 0 N–H and O–H groups in total. The third-order valence-corrected chi connectivity index (χ3v) is 3.96. The number of pyridine rings is 3. The second-order valence-corrected chi connectivity index (χ2v) is 5.51. The van der Waals surface area contributed by atoms with Gasteiger partial charge in [0.25, 0.3) is 0 Å². The number of nitrogens with zero attached hydrogens (tertiary/aromatic N) is 3. The van der Waals surface area contributed by atoms with E-state index in [2.05, 4.69) is 39.2 Å². The van der Waals surface area contributed by atoms with Crippen LogP contribution in [0.3, 0.4) is 0 Å². The molecule has 3 heteroatoms. The lowest BCUT2D eigenvalue weighted by Crippen LogP contribution is -1.87. The highest BCUT2D eigenvalue weighted by Crippen LogP contribution is 2.32. The molecule has 0 fully saturated rings. The predicted octanol–water partition coefficient (Wildman–Crippen LogP) is 4.87. The smallest absolute Gasteiger partial charge is 0.0346 e. The van der Waals surface area contributed by atoms with Gasteiger partial charge < -0.3 is 0 Å². The first-order chi connectivity index (χ1) is 11.9. The monoisotopic (exact) mass is 309 g/mol. The standard InChI is InChI=1S/C21H15N3/c1-2-18(15-24-7-1)21-13-19(16-3-8-22-9-4-16)12-20(14-21)17-5-10-23-11-6-17/h1-15H. The van der Waals surface area contributed by atoms with Crippen molar-refractivity contribution in [3.8, 4) is 33.4 Å². The van der Waals surface area contributed by atoms with Crippen molar-refractivity contribution in [1.82, 2.24) is 15.0 Å². The van der Waals surface area contributed by atoms with Gasteiger partial charge in [0.2, 0.25) is 0 Å². The van der Waals surface area contributed by atoms with Gasteiger partial charge in [-0.25, -0.2) is 0 Å². The molecule has 0 radical (unpaired) electrons. The Morgan fingerprint density at radius 3 is 1.38 bits per heavy atom. The van der Waals surface area contributed by atoms with Gasteiger partial charge in [0.05, 0.1) is 0 Å². The van der Waals surface area contributed by atoms with Crippen molar-refractivity contribution in [2.24, 2.45) is 0 Å². The summed E-state index contributed by atoms with van der Waals surface area (Å²) in [5, 5.41) is 0. The van der Waals surface area contributed by atoms with Crippen molar-refractivity contribution in [3.63, 3.8) is 0 Å². The zero-order valence-corrected chi connectivity index (χ0v) is 13.0. The molecule has 24 heavy (non-hydrogen) atoms. The van der Waals surface area contributed by atoms with Crippen LogP contribution in [0, 0.1) is 0 Å². The van der Waals surface area contributed by atoms with Crippen molar-refractivity contribution < 1.29 is 0 Å². The first-order valence-electron chi connectivity index (χ1n) is 7.76. The molecule has 0 amide bonds. The minimum absolute atomic E-state index is 1.10. The Labute approximate surface area is 140 Å². The number of hydrogen-bond donors (Lipinski definition) is 0. The molecular weight excluding hydrogens is 294 g/mol. The SMILES string of the molecule is c1cncc(-c2cc(-c3ccncc3)cc(-c3ccncc3)c2)c1. The maximum Gasteiger partial charge on any atom is 0.0346 e. The molecule has 0 saturated heterocycles. The van der Waals surface area contributed by atoms with E-state index in [9.17, 15) is 0 Å².